The lowest BCUT2D eigenvalue weighted by Crippen LogP contribution is -2.38. The van der Waals surface area contributed by atoms with E-state index in [0.29, 0.717) is 19.6 Å². The molecule has 0 unspecified atom stereocenters. The fraction of sp³-hybridized carbons (Fsp3) is 0.350. The Bertz CT molecular complexity index is 1340. The van der Waals surface area contributed by atoms with Gasteiger partial charge < -0.3 is 20.4 Å². The Hall–Kier alpha value is -4.58. The van der Waals surface area contributed by atoms with Crippen molar-refractivity contribution in [3.05, 3.63) is 131 Å². The van der Waals surface area contributed by atoms with Gasteiger partial charge in [0.2, 0.25) is 0 Å². The van der Waals surface area contributed by atoms with Crippen molar-refractivity contribution >= 4 is 23.4 Å². The van der Waals surface area contributed by atoms with E-state index in [0.717, 1.165) is 24.3 Å². The Labute approximate surface area is 279 Å². The number of amides is 4. The Kier molecular flexibility index (Phi) is 22.2. The molecule has 6 nitrogen and oxygen atoms in total. The SMILES string of the molecule is C.CC.CC.CC.CC.O=C(Nc1ccccc1)N1CCc2ccccc2C1.O=C(Nc1ccccc1)N1Cc2ccccc2C1. The van der Waals surface area contributed by atoms with E-state index in [-0.39, 0.29) is 19.5 Å². The van der Waals surface area contributed by atoms with Crippen molar-refractivity contribution in [2.75, 3.05) is 17.2 Å². The number of nitrogens with zero attached hydrogens (tertiary/aromatic N) is 2. The molecule has 0 aliphatic carbocycles. The summed E-state index contributed by atoms with van der Waals surface area (Å²) in [7, 11) is 0. The van der Waals surface area contributed by atoms with Gasteiger partial charge in [0.1, 0.15) is 0 Å². The second kappa shape index (κ2) is 24.7. The van der Waals surface area contributed by atoms with Crippen LogP contribution < -0.4 is 10.6 Å². The number of carbonyl (C=O) groups is 2. The second-order valence-corrected chi connectivity index (χ2v) is 9.16. The van der Waals surface area contributed by atoms with Gasteiger partial charge in [-0.15, -0.1) is 0 Å². The van der Waals surface area contributed by atoms with E-state index in [1.54, 1.807) is 0 Å². The lowest BCUT2D eigenvalue weighted by molar-refractivity contribution is 0.206. The number of nitrogens with one attached hydrogen (secondary N) is 2. The zero-order valence-corrected chi connectivity index (χ0v) is 28.6. The molecule has 2 heterocycles. The van der Waals surface area contributed by atoms with Crippen molar-refractivity contribution < 1.29 is 9.59 Å². The predicted molar refractivity (Wildman–Crippen MR) is 199 cm³/mol. The predicted octanol–water partition coefficient (Wildman–Crippen LogP) is 11.3. The van der Waals surface area contributed by atoms with Gasteiger partial charge in [0.25, 0.3) is 0 Å². The van der Waals surface area contributed by atoms with Crippen molar-refractivity contribution in [3.63, 3.8) is 0 Å². The van der Waals surface area contributed by atoms with Crippen LogP contribution in [-0.4, -0.2) is 28.4 Å². The highest BCUT2D eigenvalue weighted by Gasteiger charge is 2.23. The third-order valence-corrected chi connectivity index (χ3v) is 6.60. The number of hydrogen-bond acceptors (Lipinski definition) is 2. The van der Waals surface area contributed by atoms with Gasteiger partial charge in [-0.05, 0) is 52.9 Å². The first-order valence-corrected chi connectivity index (χ1v) is 16.5. The first-order valence-electron chi connectivity index (χ1n) is 16.5. The number of rotatable bonds is 2. The number of fused-ring (bicyclic) bond motifs is 2. The molecule has 0 spiro atoms. The highest BCUT2D eigenvalue weighted by atomic mass is 16.2. The van der Waals surface area contributed by atoms with E-state index in [2.05, 4.69) is 41.0 Å². The number of urea groups is 2. The van der Waals surface area contributed by atoms with Crippen LogP contribution >= 0.6 is 0 Å². The summed E-state index contributed by atoms with van der Waals surface area (Å²) in [6.45, 7) is 18.8. The Morgan fingerprint density at radius 2 is 0.761 bits per heavy atom. The zero-order chi connectivity index (χ0) is 33.5. The summed E-state index contributed by atoms with van der Waals surface area (Å²) in [5.74, 6) is 0. The summed E-state index contributed by atoms with van der Waals surface area (Å²) in [6, 6.07) is 35.5. The van der Waals surface area contributed by atoms with Gasteiger partial charge in [-0.1, -0.05) is 148 Å². The molecular formula is C40H58N4O2. The second-order valence-electron chi connectivity index (χ2n) is 9.16. The van der Waals surface area contributed by atoms with Crippen LogP contribution in [-0.2, 0) is 26.1 Å². The van der Waals surface area contributed by atoms with Gasteiger partial charge in [-0.3, -0.25) is 0 Å². The molecule has 0 saturated heterocycles. The monoisotopic (exact) mass is 626 g/mol. The molecule has 0 saturated carbocycles. The van der Waals surface area contributed by atoms with Crippen LogP contribution in [0.15, 0.2) is 109 Å². The van der Waals surface area contributed by atoms with E-state index in [1.807, 2.05) is 144 Å². The summed E-state index contributed by atoms with van der Waals surface area (Å²) >= 11 is 0. The smallest absolute Gasteiger partial charge is 0.320 e. The Balaban J connectivity index is 0.000000712. The van der Waals surface area contributed by atoms with Crippen molar-refractivity contribution in [1.82, 2.24) is 9.80 Å². The van der Waals surface area contributed by atoms with E-state index in [4.69, 9.17) is 0 Å². The first-order chi connectivity index (χ1) is 22.2. The summed E-state index contributed by atoms with van der Waals surface area (Å²) in [5.41, 5.74) is 6.74. The quantitative estimate of drug-likeness (QED) is 0.232. The average Bonchev–Trinajstić information content (AvgIpc) is 3.58. The topological polar surface area (TPSA) is 64.7 Å². The third kappa shape index (κ3) is 13.2. The fourth-order valence-corrected chi connectivity index (χ4v) is 4.59. The average molecular weight is 627 g/mol. The van der Waals surface area contributed by atoms with Crippen LogP contribution in [0.4, 0.5) is 21.0 Å². The third-order valence-electron chi connectivity index (χ3n) is 6.60. The lowest BCUT2D eigenvalue weighted by Gasteiger charge is -2.28. The fourth-order valence-electron chi connectivity index (χ4n) is 4.59. The van der Waals surface area contributed by atoms with E-state index in [1.165, 1.54) is 22.3 Å². The molecule has 6 heteroatoms. The zero-order valence-electron chi connectivity index (χ0n) is 28.6. The van der Waals surface area contributed by atoms with E-state index in [9.17, 15) is 9.59 Å². The summed E-state index contributed by atoms with van der Waals surface area (Å²) < 4.78 is 0. The van der Waals surface area contributed by atoms with Gasteiger partial charge in [-0.2, -0.15) is 0 Å². The molecule has 4 amide bonds. The molecule has 0 atom stereocenters. The normalized spacial score (nSPS) is 11.4. The summed E-state index contributed by atoms with van der Waals surface area (Å²) in [4.78, 5) is 28.0. The van der Waals surface area contributed by atoms with Crippen LogP contribution in [0.5, 0.6) is 0 Å². The largest absolute Gasteiger partial charge is 0.322 e. The molecule has 0 bridgehead atoms. The minimum atomic E-state index is -0.0441. The molecule has 2 N–H and O–H groups in total. The van der Waals surface area contributed by atoms with Crippen molar-refractivity contribution in [3.8, 4) is 0 Å². The van der Waals surface area contributed by atoms with Crippen LogP contribution in [0.3, 0.4) is 0 Å². The van der Waals surface area contributed by atoms with Crippen LogP contribution in [0.1, 0.15) is 85.1 Å². The van der Waals surface area contributed by atoms with Gasteiger partial charge in [-0.25, -0.2) is 9.59 Å². The molecule has 0 radical (unpaired) electrons. The van der Waals surface area contributed by atoms with Gasteiger partial charge in [0, 0.05) is 37.6 Å². The molecule has 4 aromatic rings. The van der Waals surface area contributed by atoms with Crippen LogP contribution in [0.25, 0.3) is 0 Å². The summed E-state index contributed by atoms with van der Waals surface area (Å²) in [6.07, 6.45) is 0.929. The summed E-state index contributed by atoms with van der Waals surface area (Å²) in [5, 5.41) is 5.84. The Morgan fingerprint density at radius 3 is 1.17 bits per heavy atom. The molecule has 2 aliphatic rings. The molecule has 4 aromatic carbocycles. The number of anilines is 2. The number of benzene rings is 4. The van der Waals surface area contributed by atoms with Crippen molar-refractivity contribution in [1.29, 1.82) is 0 Å². The molecular weight excluding hydrogens is 568 g/mol. The molecule has 0 fully saturated rings. The van der Waals surface area contributed by atoms with Crippen LogP contribution in [0.2, 0.25) is 0 Å². The maximum atomic E-state index is 12.2. The van der Waals surface area contributed by atoms with Crippen LogP contribution in [0, 0.1) is 0 Å². The number of para-hydroxylation sites is 2. The van der Waals surface area contributed by atoms with Gasteiger partial charge in [0.15, 0.2) is 0 Å². The molecule has 0 aromatic heterocycles. The van der Waals surface area contributed by atoms with E-state index >= 15 is 0 Å². The minimum Gasteiger partial charge on any atom is -0.320 e. The van der Waals surface area contributed by atoms with Gasteiger partial charge in [0.05, 0.1) is 0 Å². The van der Waals surface area contributed by atoms with Crippen molar-refractivity contribution in [2.24, 2.45) is 0 Å². The highest BCUT2D eigenvalue weighted by molar-refractivity contribution is 5.90. The number of carbonyl (C=O) groups excluding carboxylic acids is 2. The van der Waals surface area contributed by atoms with E-state index < -0.39 is 0 Å². The molecule has 2 aliphatic heterocycles. The molecule has 250 valence electrons. The lowest BCUT2D eigenvalue weighted by atomic mass is 10.0. The molecule has 46 heavy (non-hydrogen) atoms. The maximum absolute atomic E-state index is 12.2. The van der Waals surface area contributed by atoms with Gasteiger partial charge >= 0.3 is 12.1 Å². The standard InChI is InChI=1S/C16H16N2O.C15H14N2O.4C2H6.CH4/c19-16(17-15-8-2-1-3-9-15)18-11-10-13-6-4-5-7-14(13)12-18;18-15(16-14-8-2-1-3-9-14)17-10-12-6-4-5-7-13(12)11-17;4*1-2;/h1-9H,10-12H2,(H,17,19);1-9H,10-11H2,(H,16,18);4*1-2H3;1H4. The minimum absolute atomic E-state index is 0. The first kappa shape index (κ1) is 41.4. The maximum Gasteiger partial charge on any atom is 0.322 e. The highest BCUT2D eigenvalue weighted by Crippen LogP contribution is 2.23. The molecule has 6 rings (SSSR count). The Morgan fingerprint density at radius 1 is 0.457 bits per heavy atom. The number of hydrogen-bond donors (Lipinski definition) is 2. The van der Waals surface area contributed by atoms with Crippen molar-refractivity contribution in [2.45, 2.75) is 88.9 Å².